The van der Waals surface area contributed by atoms with Gasteiger partial charge in [-0.05, 0) is 24.1 Å². The van der Waals surface area contributed by atoms with Gasteiger partial charge >= 0.3 is 0 Å². The van der Waals surface area contributed by atoms with Gasteiger partial charge in [-0.1, -0.05) is 37.3 Å². The smallest absolute Gasteiger partial charge is 0.239 e. The lowest BCUT2D eigenvalue weighted by Gasteiger charge is -2.27. The molecule has 2 atom stereocenters. The normalized spacial score (nSPS) is 13.0. The van der Waals surface area contributed by atoms with Gasteiger partial charge in [-0.15, -0.1) is 12.4 Å². The van der Waals surface area contributed by atoms with E-state index in [1.54, 1.807) is 17.0 Å². The Morgan fingerprint density at radius 3 is 2.52 bits per heavy atom. The Labute approximate surface area is 142 Å². The third kappa shape index (κ3) is 5.39. The largest absolute Gasteiger partial charge is 0.467 e. The minimum absolute atomic E-state index is 0. The van der Waals surface area contributed by atoms with Gasteiger partial charge in [0.15, 0.2) is 0 Å². The topological polar surface area (TPSA) is 79.7 Å². The number of aliphatic hydroxyl groups excluding tert-OH is 1. The fraction of sp³-hybridized carbons (Fsp3) is 0.353. The van der Waals surface area contributed by atoms with Crippen molar-refractivity contribution in [2.75, 3.05) is 6.54 Å². The summed E-state index contributed by atoms with van der Waals surface area (Å²) >= 11 is 0. The number of carbonyl (C=O) groups is 1. The van der Waals surface area contributed by atoms with Crippen molar-refractivity contribution in [1.29, 1.82) is 0 Å². The molecule has 0 aliphatic rings. The number of hydrogen-bond donors (Lipinski definition) is 2. The van der Waals surface area contributed by atoms with Crippen molar-refractivity contribution in [3.8, 4) is 0 Å². The summed E-state index contributed by atoms with van der Waals surface area (Å²) in [6.07, 6.45) is 1.19. The standard InChI is InChI=1S/C17H22N2O3.ClH/c1-2-14(18)17(21)19(11-13-7-4-3-5-8-13)12-15(20)16-9-6-10-22-16;/h3-10,14-15,20H,2,11-12,18H2,1H3;1H. The molecule has 23 heavy (non-hydrogen) atoms. The summed E-state index contributed by atoms with van der Waals surface area (Å²) in [5.74, 6) is 0.271. The highest BCUT2D eigenvalue weighted by Crippen LogP contribution is 2.17. The number of carbonyl (C=O) groups excluding carboxylic acids is 1. The first kappa shape index (κ1) is 19.2. The Kier molecular flexibility index (Phi) is 7.81. The molecule has 0 aliphatic heterocycles. The van der Waals surface area contributed by atoms with Gasteiger partial charge in [0.05, 0.1) is 18.8 Å². The Morgan fingerprint density at radius 2 is 1.96 bits per heavy atom. The first-order valence-corrected chi connectivity index (χ1v) is 7.41. The van der Waals surface area contributed by atoms with E-state index in [4.69, 9.17) is 10.2 Å². The van der Waals surface area contributed by atoms with Crippen molar-refractivity contribution in [2.45, 2.75) is 32.0 Å². The van der Waals surface area contributed by atoms with Gasteiger partial charge in [0.2, 0.25) is 5.91 Å². The maximum Gasteiger partial charge on any atom is 0.239 e. The Hall–Kier alpha value is -1.82. The van der Waals surface area contributed by atoms with Crippen LogP contribution in [0.25, 0.3) is 0 Å². The summed E-state index contributed by atoms with van der Waals surface area (Å²) < 4.78 is 5.19. The lowest BCUT2D eigenvalue weighted by molar-refractivity contribution is -0.135. The summed E-state index contributed by atoms with van der Waals surface area (Å²) in [5.41, 5.74) is 6.86. The van der Waals surface area contributed by atoms with Gasteiger partial charge in [-0.2, -0.15) is 0 Å². The molecule has 1 amide bonds. The number of nitrogens with two attached hydrogens (primary N) is 1. The van der Waals surface area contributed by atoms with Gasteiger partial charge in [-0.3, -0.25) is 4.79 Å². The minimum Gasteiger partial charge on any atom is -0.467 e. The van der Waals surface area contributed by atoms with Crippen LogP contribution in [0, 0.1) is 0 Å². The minimum atomic E-state index is -0.869. The number of amides is 1. The number of aliphatic hydroxyl groups is 1. The van der Waals surface area contributed by atoms with Crippen LogP contribution in [0.4, 0.5) is 0 Å². The van der Waals surface area contributed by atoms with Crippen molar-refractivity contribution in [3.63, 3.8) is 0 Å². The Morgan fingerprint density at radius 1 is 1.26 bits per heavy atom. The third-order valence-corrected chi connectivity index (χ3v) is 3.55. The highest BCUT2D eigenvalue weighted by atomic mass is 35.5. The lowest BCUT2D eigenvalue weighted by Crippen LogP contribution is -2.44. The predicted molar refractivity (Wildman–Crippen MR) is 91.0 cm³/mol. The van der Waals surface area contributed by atoms with Crippen LogP contribution in [0.1, 0.15) is 30.8 Å². The number of hydrogen-bond acceptors (Lipinski definition) is 4. The van der Waals surface area contributed by atoms with Crippen LogP contribution in [0.5, 0.6) is 0 Å². The fourth-order valence-electron chi connectivity index (χ4n) is 2.22. The molecule has 2 aromatic rings. The van der Waals surface area contributed by atoms with E-state index in [0.717, 1.165) is 5.56 Å². The zero-order valence-electron chi connectivity index (χ0n) is 13.1. The van der Waals surface area contributed by atoms with Crippen molar-refractivity contribution in [3.05, 3.63) is 60.1 Å². The molecule has 0 bridgehead atoms. The second kappa shape index (κ2) is 9.35. The Bertz CT molecular complexity index is 575. The molecule has 2 rings (SSSR count). The second-order valence-corrected chi connectivity index (χ2v) is 5.25. The molecular formula is C17H23ClN2O3. The summed E-state index contributed by atoms with van der Waals surface area (Å²) in [5, 5.41) is 10.2. The second-order valence-electron chi connectivity index (χ2n) is 5.25. The number of furan rings is 1. The quantitative estimate of drug-likeness (QED) is 0.813. The third-order valence-electron chi connectivity index (χ3n) is 3.55. The number of rotatable bonds is 7. The monoisotopic (exact) mass is 338 g/mol. The lowest BCUT2D eigenvalue weighted by atomic mass is 10.1. The van der Waals surface area contributed by atoms with E-state index >= 15 is 0 Å². The van der Waals surface area contributed by atoms with Crippen LogP contribution in [0.15, 0.2) is 53.1 Å². The molecule has 2 unspecified atom stereocenters. The number of benzene rings is 1. The van der Waals surface area contributed by atoms with E-state index in [2.05, 4.69) is 0 Å². The highest BCUT2D eigenvalue weighted by molar-refractivity contribution is 5.85. The van der Waals surface area contributed by atoms with Gasteiger partial charge in [0.1, 0.15) is 11.9 Å². The molecule has 1 heterocycles. The zero-order valence-corrected chi connectivity index (χ0v) is 13.9. The summed E-state index contributed by atoms with van der Waals surface area (Å²) in [7, 11) is 0. The van der Waals surface area contributed by atoms with Crippen molar-refractivity contribution >= 4 is 18.3 Å². The molecule has 1 aromatic heterocycles. The van der Waals surface area contributed by atoms with Crippen LogP contribution in [-0.2, 0) is 11.3 Å². The summed E-state index contributed by atoms with van der Waals surface area (Å²) in [6, 6.07) is 12.5. The van der Waals surface area contributed by atoms with Crippen molar-refractivity contribution < 1.29 is 14.3 Å². The van der Waals surface area contributed by atoms with E-state index in [-0.39, 0.29) is 24.9 Å². The fourth-order valence-corrected chi connectivity index (χ4v) is 2.22. The molecule has 3 N–H and O–H groups in total. The molecule has 0 spiro atoms. The van der Waals surface area contributed by atoms with Crippen LogP contribution in [0.2, 0.25) is 0 Å². The first-order chi connectivity index (χ1) is 10.6. The molecule has 1 aromatic carbocycles. The van der Waals surface area contributed by atoms with Crippen LogP contribution in [-0.4, -0.2) is 28.5 Å². The predicted octanol–water partition coefficient (Wildman–Crippen LogP) is 2.50. The van der Waals surface area contributed by atoms with Gasteiger partial charge in [0.25, 0.3) is 0 Å². The SMILES string of the molecule is CCC(N)C(=O)N(Cc1ccccc1)CC(O)c1ccco1.Cl. The van der Waals surface area contributed by atoms with Crippen LogP contribution < -0.4 is 5.73 Å². The molecule has 126 valence electrons. The van der Waals surface area contributed by atoms with Crippen LogP contribution in [0.3, 0.4) is 0 Å². The molecule has 0 aliphatic carbocycles. The highest BCUT2D eigenvalue weighted by Gasteiger charge is 2.24. The van der Waals surface area contributed by atoms with E-state index in [1.807, 2.05) is 37.3 Å². The molecule has 5 nitrogen and oxygen atoms in total. The molecular weight excluding hydrogens is 316 g/mol. The zero-order chi connectivity index (χ0) is 15.9. The first-order valence-electron chi connectivity index (χ1n) is 7.41. The maximum atomic E-state index is 12.4. The van der Waals surface area contributed by atoms with Crippen molar-refractivity contribution in [1.82, 2.24) is 4.90 Å². The van der Waals surface area contributed by atoms with E-state index in [9.17, 15) is 9.90 Å². The molecule has 6 heteroatoms. The maximum absolute atomic E-state index is 12.4. The average Bonchev–Trinajstić information content (AvgIpc) is 3.08. The molecule has 0 saturated heterocycles. The molecule has 0 radical (unpaired) electrons. The van der Waals surface area contributed by atoms with Gasteiger partial charge in [-0.25, -0.2) is 0 Å². The van der Waals surface area contributed by atoms with E-state index in [0.29, 0.717) is 18.7 Å². The van der Waals surface area contributed by atoms with Gasteiger partial charge in [0, 0.05) is 6.54 Å². The number of halogens is 1. The summed E-state index contributed by atoms with van der Waals surface area (Å²) in [4.78, 5) is 14.0. The van der Waals surface area contributed by atoms with Gasteiger partial charge < -0.3 is 20.2 Å². The van der Waals surface area contributed by atoms with Crippen LogP contribution >= 0.6 is 12.4 Å². The average molecular weight is 339 g/mol. The van der Waals surface area contributed by atoms with Crippen molar-refractivity contribution in [2.24, 2.45) is 5.73 Å². The number of nitrogens with zero attached hydrogens (tertiary/aromatic N) is 1. The Balaban J connectivity index is 0.00000264. The van der Waals surface area contributed by atoms with E-state index < -0.39 is 12.1 Å². The molecule has 0 fully saturated rings. The molecule has 0 saturated carbocycles. The summed E-state index contributed by atoms with van der Waals surface area (Å²) in [6.45, 7) is 2.42. The van der Waals surface area contributed by atoms with E-state index in [1.165, 1.54) is 6.26 Å².